The van der Waals surface area contributed by atoms with Gasteiger partial charge in [-0.3, -0.25) is 10.1 Å². The van der Waals surface area contributed by atoms with Gasteiger partial charge < -0.3 is 15.2 Å². The highest BCUT2D eigenvalue weighted by atomic mass is 32.2. The van der Waals surface area contributed by atoms with Crippen LogP contribution < -0.4 is 5.32 Å². The van der Waals surface area contributed by atoms with Crippen LogP contribution >= 0.6 is 11.8 Å². The number of nitrogens with one attached hydrogen (secondary N) is 1. The molecule has 1 atom stereocenters. The molecule has 0 radical (unpaired) electrons. The first-order valence-electron chi connectivity index (χ1n) is 8.12. The SMILES string of the molecule is CC(C)(C)OC(=O)NC(CCSCCc1ccc([N+](=O)[O-])cc1)C(=O)O. The van der Waals surface area contributed by atoms with Crippen LogP contribution in [0.1, 0.15) is 32.8 Å². The van der Waals surface area contributed by atoms with E-state index >= 15 is 0 Å². The minimum Gasteiger partial charge on any atom is -0.480 e. The predicted molar refractivity (Wildman–Crippen MR) is 99.5 cm³/mol. The molecule has 0 aromatic heterocycles. The van der Waals surface area contributed by atoms with E-state index in [4.69, 9.17) is 4.74 Å². The standard InChI is InChI=1S/C17H24N2O6S/c1-17(2,3)25-16(22)18-14(15(20)21)9-11-26-10-8-12-4-6-13(7-5-12)19(23)24/h4-7,14H,8-11H2,1-3H3,(H,18,22)(H,20,21). The molecule has 0 spiro atoms. The number of non-ortho nitro benzene ring substituents is 1. The van der Waals surface area contributed by atoms with Gasteiger partial charge in [0.05, 0.1) is 4.92 Å². The highest BCUT2D eigenvalue weighted by molar-refractivity contribution is 7.99. The minimum absolute atomic E-state index is 0.0546. The minimum atomic E-state index is -1.10. The molecule has 0 saturated heterocycles. The molecule has 0 saturated carbocycles. The Bertz CT molecular complexity index is 627. The van der Waals surface area contributed by atoms with Gasteiger partial charge in [0.25, 0.3) is 5.69 Å². The Morgan fingerprint density at radius 1 is 1.27 bits per heavy atom. The lowest BCUT2D eigenvalue weighted by atomic mass is 10.1. The quantitative estimate of drug-likeness (QED) is 0.381. The molecule has 1 unspecified atom stereocenters. The second-order valence-corrected chi connectivity index (χ2v) is 7.84. The van der Waals surface area contributed by atoms with Crippen LogP contribution in [0.15, 0.2) is 24.3 Å². The molecule has 1 aromatic rings. The van der Waals surface area contributed by atoms with Crippen LogP contribution in [0.3, 0.4) is 0 Å². The van der Waals surface area contributed by atoms with Crippen molar-refractivity contribution in [1.29, 1.82) is 0 Å². The molecular formula is C17H24N2O6S. The first-order chi connectivity index (χ1) is 12.1. The van der Waals surface area contributed by atoms with Gasteiger partial charge in [0, 0.05) is 12.1 Å². The topological polar surface area (TPSA) is 119 Å². The van der Waals surface area contributed by atoms with Crippen LogP contribution in [0.25, 0.3) is 0 Å². The molecule has 0 fully saturated rings. The van der Waals surface area contributed by atoms with Crippen molar-refractivity contribution in [2.75, 3.05) is 11.5 Å². The number of amides is 1. The molecule has 144 valence electrons. The van der Waals surface area contributed by atoms with Gasteiger partial charge in [-0.05, 0) is 50.7 Å². The van der Waals surface area contributed by atoms with Crippen molar-refractivity contribution in [1.82, 2.24) is 5.32 Å². The molecule has 26 heavy (non-hydrogen) atoms. The highest BCUT2D eigenvalue weighted by Gasteiger charge is 2.23. The van der Waals surface area contributed by atoms with Gasteiger partial charge in [0.1, 0.15) is 11.6 Å². The van der Waals surface area contributed by atoms with Crippen molar-refractivity contribution in [3.05, 3.63) is 39.9 Å². The van der Waals surface area contributed by atoms with Gasteiger partial charge in [-0.25, -0.2) is 9.59 Å². The number of nitro groups is 1. The van der Waals surface area contributed by atoms with E-state index in [0.717, 1.165) is 17.7 Å². The number of nitro benzene ring substituents is 1. The molecular weight excluding hydrogens is 360 g/mol. The van der Waals surface area contributed by atoms with Crippen molar-refractivity contribution >= 4 is 29.5 Å². The van der Waals surface area contributed by atoms with Gasteiger partial charge in [0.15, 0.2) is 0 Å². The second kappa shape index (κ2) is 10.0. The maximum atomic E-state index is 11.7. The number of hydrogen-bond acceptors (Lipinski definition) is 6. The zero-order chi connectivity index (χ0) is 19.7. The molecule has 1 aromatic carbocycles. The Balaban J connectivity index is 2.33. The number of benzene rings is 1. The smallest absolute Gasteiger partial charge is 0.408 e. The summed E-state index contributed by atoms with van der Waals surface area (Å²) < 4.78 is 5.06. The van der Waals surface area contributed by atoms with Crippen LogP contribution in [0.2, 0.25) is 0 Å². The maximum Gasteiger partial charge on any atom is 0.408 e. The van der Waals surface area contributed by atoms with Gasteiger partial charge in [0.2, 0.25) is 0 Å². The number of nitrogens with zero attached hydrogens (tertiary/aromatic N) is 1. The van der Waals surface area contributed by atoms with Crippen molar-refractivity contribution in [3.63, 3.8) is 0 Å². The number of carboxylic acids is 1. The van der Waals surface area contributed by atoms with Gasteiger partial charge >= 0.3 is 12.1 Å². The summed E-state index contributed by atoms with van der Waals surface area (Å²) in [5, 5.41) is 22.1. The lowest BCUT2D eigenvalue weighted by molar-refractivity contribution is -0.384. The number of ether oxygens (including phenoxy) is 1. The number of aliphatic carboxylic acids is 1. The van der Waals surface area contributed by atoms with Crippen molar-refractivity contribution < 1.29 is 24.4 Å². The largest absolute Gasteiger partial charge is 0.480 e. The molecule has 2 N–H and O–H groups in total. The van der Waals surface area contributed by atoms with E-state index in [-0.39, 0.29) is 12.1 Å². The summed E-state index contributed by atoms with van der Waals surface area (Å²) >= 11 is 1.56. The van der Waals surface area contributed by atoms with Crippen LogP contribution in [0.5, 0.6) is 0 Å². The highest BCUT2D eigenvalue weighted by Crippen LogP contribution is 2.15. The fraction of sp³-hybridized carbons (Fsp3) is 0.529. The van der Waals surface area contributed by atoms with Crippen LogP contribution in [-0.4, -0.2) is 45.2 Å². The van der Waals surface area contributed by atoms with Gasteiger partial charge in [-0.1, -0.05) is 12.1 Å². The Kier molecular flexibility index (Phi) is 8.37. The predicted octanol–water partition coefficient (Wildman–Crippen LogP) is 3.24. The molecule has 1 amide bonds. The average Bonchev–Trinajstić information content (AvgIpc) is 2.52. The molecule has 9 heteroatoms. The molecule has 0 heterocycles. The van der Waals surface area contributed by atoms with E-state index in [0.29, 0.717) is 5.75 Å². The Labute approximate surface area is 156 Å². The molecule has 0 aliphatic carbocycles. The lowest BCUT2D eigenvalue weighted by Gasteiger charge is -2.21. The summed E-state index contributed by atoms with van der Waals surface area (Å²) in [7, 11) is 0. The van der Waals surface area contributed by atoms with Gasteiger partial charge in [-0.2, -0.15) is 11.8 Å². The summed E-state index contributed by atoms with van der Waals surface area (Å²) in [6.45, 7) is 5.11. The maximum absolute atomic E-state index is 11.7. The fourth-order valence-corrected chi connectivity index (χ4v) is 2.97. The van der Waals surface area contributed by atoms with Crippen LogP contribution in [-0.2, 0) is 16.0 Å². The zero-order valence-electron chi connectivity index (χ0n) is 15.1. The summed E-state index contributed by atoms with van der Waals surface area (Å²) in [6, 6.07) is 5.35. The lowest BCUT2D eigenvalue weighted by Crippen LogP contribution is -2.43. The number of carbonyl (C=O) groups is 2. The number of rotatable bonds is 9. The third-order valence-electron chi connectivity index (χ3n) is 3.22. The summed E-state index contributed by atoms with van der Waals surface area (Å²) in [4.78, 5) is 33.1. The number of alkyl carbamates (subject to hydrolysis) is 1. The van der Waals surface area contributed by atoms with Crippen molar-refractivity contribution in [2.45, 2.75) is 45.3 Å². The fourth-order valence-electron chi connectivity index (χ4n) is 1.98. The van der Waals surface area contributed by atoms with Crippen molar-refractivity contribution in [3.8, 4) is 0 Å². The first kappa shape index (κ1) is 21.8. The molecule has 0 aliphatic heterocycles. The van der Waals surface area contributed by atoms with Crippen LogP contribution in [0.4, 0.5) is 10.5 Å². The number of carbonyl (C=O) groups excluding carboxylic acids is 1. The Hall–Kier alpha value is -2.29. The molecule has 8 nitrogen and oxygen atoms in total. The molecule has 0 bridgehead atoms. The van der Waals surface area contributed by atoms with E-state index in [2.05, 4.69) is 5.32 Å². The normalized spacial score (nSPS) is 12.3. The van der Waals surface area contributed by atoms with E-state index in [9.17, 15) is 24.8 Å². The Morgan fingerprint density at radius 3 is 2.38 bits per heavy atom. The summed E-state index contributed by atoms with van der Waals surface area (Å²) in [5.41, 5.74) is 0.343. The number of thioether (sulfide) groups is 1. The Morgan fingerprint density at radius 2 is 1.88 bits per heavy atom. The number of carboxylic acid groups (broad SMARTS) is 1. The number of aryl methyl sites for hydroxylation is 1. The zero-order valence-corrected chi connectivity index (χ0v) is 15.9. The summed E-state index contributed by atoms with van der Waals surface area (Å²) in [5.74, 6) is 0.197. The van der Waals surface area contributed by atoms with Crippen molar-refractivity contribution in [2.24, 2.45) is 0 Å². The second-order valence-electron chi connectivity index (χ2n) is 6.61. The summed E-state index contributed by atoms with van der Waals surface area (Å²) in [6.07, 6.45) is 0.250. The third-order valence-corrected chi connectivity index (χ3v) is 4.24. The van der Waals surface area contributed by atoms with Gasteiger partial charge in [-0.15, -0.1) is 0 Å². The van der Waals surface area contributed by atoms with E-state index < -0.39 is 28.6 Å². The van der Waals surface area contributed by atoms with E-state index in [1.165, 1.54) is 12.1 Å². The first-order valence-corrected chi connectivity index (χ1v) is 9.27. The van der Waals surface area contributed by atoms with E-state index in [1.807, 2.05) is 0 Å². The molecule has 1 rings (SSSR count). The number of hydrogen-bond donors (Lipinski definition) is 2. The third kappa shape index (κ3) is 8.70. The molecule has 0 aliphatic rings. The monoisotopic (exact) mass is 384 g/mol. The van der Waals surface area contributed by atoms with Crippen LogP contribution in [0, 0.1) is 10.1 Å². The van der Waals surface area contributed by atoms with E-state index in [1.54, 1.807) is 44.7 Å². The average molecular weight is 384 g/mol.